The number of rotatable bonds is 3. The quantitative estimate of drug-likeness (QED) is 0.886. The first-order valence-electron chi connectivity index (χ1n) is 9.25. The van der Waals surface area contributed by atoms with Gasteiger partial charge in [0.1, 0.15) is 5.82 Å². The van der Waals surface area contributed by atoms with Crippen molar-refractivity contribution in [2.75, 3.05) is 5.01 Å². The van der Waals surface area contributed by atoms with Crippen LogP contribution in [0.25, 0.3) is 0 Å². The number of carbonyl (C=O) groups is 1. The molecular formula is C22H23FN2O. The van der Waals surface area contributed by atoms with Gasteiger partial charge in [-0.25, -0.2) is 4.39 Å². The van der Waals surface area contributed by atoms with Crippen LogP contribution in [0.15, 0.2) is 59.7 Å². The fraction of sp³-hybridized carbons (Fsp3) is 0.318. The predicted octanol–water partition coefficient (Wildman–Crippen LogP) is 4.47. The highest BCUT2D eigenvalue weighted by Crippen LogP contribution is 2.35. The molecule has 1 N–H and O–H groups in total. The molecule has 1 amide bonds. The largest absolute Gasteiger partial charge is 0.278 e. The molecule has 2 aromatic rings. The molecule has 0 saturated heterocycles. The molecule has 1 aliphatic carbocycles. The highest BCUT2D eigenvalue weighted by molar-refractivity contribution is 5.97. The van der Waals surface area contributed by atoms with Crippen molar-refractivity contribution < 1.29 is 9.18 Å². The first kappa shape index (κ1) is 16.8. The standard InChI is InChI=1S/C22H23FN2O/c1-15-13-17(11-12-20(15)23)25-21(14-16-7-3-2-4-8-16)18-9-5-6-10-19(18)22(26)24-25/h2-4,7-8,11-13,21H,5-6,9-10,14H2,1H3,(H,24,26). The molecule has 1 heterocycles. The smallest absolute Gasteiger partial charge is 0.265 e. The summed E-state index contributed by atoms with van der Waals surface area (Å²) in [6.07, 6.45) is 4.81. The van der Waals surface area contributed by atoms with Crippen LogP contribution in [0.1, 0.15) is 36.8 Å². The molecule has 26 heavy (non-hydrogen) atoms. The normalized spacial score (nSPS) is 20.0. The Bertz CT molecular complexity index is 860. The van der Waals surface area contributed by atoms with E-state index in [4.69, 9.17) is 0 Å². The Morgan fingerprint density at radius 2 is 1.88 bits per heavy atom. The molecule has 0 saturated carbocycles. The topological polar surface area (TPSA) is 32.3 Å². The molecule has 0 spiro atoms. The van der Waals surface area contributed by atoms with Gasteiger partial charge < -0.3 is 0 Å². The highest BCUT2D eigenvalue weighted by atomic mass is 19.1. The van der Waals surface area contributed by atoms with Crippen molar-refractivity contribution in [3.05, 3.63) is 76.6 Å². The van der Waals surface area contributed by atoms with Gasteiger partial charge in [0.25, 0.3) is 5.91 Å². The lowest BCUT2D eigenvalue weighted by molar-refractivity contribution is -0.118. The van der Waals surface area contributed by atoms with E-state index in [9.17, 15) is 9.18 Å². The molecular weight excluding hydrogens is 327 g/mol. The summed E-state index contributed by atoms with van der Waals surface area (Å²) in [4.78, 5) is 12.7. The summed E-state index contributed by atoms with van der Waals surface area (Å²) in [6, 6.07) is 15.4. The van der Waals surface area contributed by atoms with E-state index in [1.165, 1.54) is 17.2 Å². The first-order valence-corrected chi connectivity index (χ1v) is 9.25. The monoisotopic (exact) mass is 350 g/mol. The molecule has 1 unspecified atom stereocenters. The highest BCUT2D eigenvalue weighted by Gasteiger charge is 2.35. The Morgan fingerprint density at radius 1 is 1.12 bits per heavy atom. The minimum absolute atomic E-state index is 0.00834. The average Bonchev–Trinajstić information content (AvgIpc) is 2.67. The number of carbonyl (C=O) groups excluding carboxylic acids is 1. The summed E-state index contributed by atoms with van der Waals surface area (Å²) in [5.41, 5.74) is 7.90. The Balaban J connectivity index is 1.76. The lowest BCUT2D eigenvalue weighted by Crippen LogP contribution is -2.55. The van der Waals surface area contributed by atoms with Gasteiger partial charge in [-0.3, -0.25) is 15.2 Å². The number of hydrogen-bond acceptors (Lipinski definition) is 2. The number of aryl methyl sites for hydroxylation is 1. The van der Waals surface area contributed by atoms with Crippen molar-refractivity contribution in [2.45, 2.75) is 45.1 Å². The van der Waals surface area contributed by atoms with Crippen LogP contribution in [0.3, 0.4) is 0 Å². The minimum atomic E-state index is -0.228. The van der Waals surface area contributed by atoms with E-state index < -0.39 is 0 Å². The molecule has 2 aliphatic rings. The van der Waals surface area contributed by atoms with Gasteiger partial charge in [0, 0.05) is 5.57 Å². The Hall–Kier alpha value is -2.62. The Labute approximate surface area is 153 Å². The van der Waals surface area contributed by atoms with Crippen molar-refractivity contribution in [2.24, 2.45) is 0 Å². The van der Waals surface area contributed by atoms with Crippen molar-refractivity contribution in [1.82, 2.24) is 5.43 Å². The van der Waals surface area contributed by atoms with E-state index >= 15 is 0 Å². The van der Waals surface area contributed by atoms with E-state index in [0.717, 1.165) is 43.4 Å². The van der Waals surface area contributed by atoms with Gasteiger partial charge in [-0.2, -0.15) is 0 Å². The van der Waals surface area contributed by atoms with Crippen LogP contribution in [0.2, 0.25) is 0 Å². The lowest BCUT2D eigenvalue weighted by atomic mass is 9.83. The summed E-state index contributed by atoms with van der Waals surface area (Å²) in [5, 5.41) is 1.94. The minimum Gasteiger partial charge on any atom is -0.278 e. The lowest BCUT2D eigenvalue weighted by Gasteiger charge is -2.42. The first-order chi connectivity index (χ1) is 12.6. The van der Waals surface area contributed by atoms with Gasteiger partial charge in [-0.05, 0) is 73.9 Å². The number of nitrogens with zero attached hydrogens (tertiary/aromatic N) is 1. The van der Waals surface area contributed by atoms with Gasteiger partial charge in [-0.1, -0.05) is 30.3 Å². The maximum absolute atomic E-state index is 13.7. The SMILES string of the molecule is Cc1cc(N2NC(=O)C3=C(CCCC3)C2Cc2ccccc2)ccc1F. The van der Waals surface area contributed by atoms with Crippen LogP contribution in [-0.4, -0.2) is 11.9 Å². The number of amides is 1. The Morgan fingerprint density at radius 3 is 2.65 bits per heavy atom. The summed E-state index contributed by atoms with van der Waals surface area (Å²) < 4.78 is 13.7. The van der Waals surface area contributed by atoms with Crippen molar-refractivity contribution in [3.63, 3.8) is 0 Å². The van der Waals surface area contributed by atoms with Gasteiger partial charge in [0.05, 0.1) is 11.7 Å². The third kappa shape index (κ3) is 3.12. The third-order valence-corrected chi connectivity index (χ3v) is 5.41. The summed E-state index contributed by atoms with van der Waals surface area (Å²) in [7, 11) is 0. The predicted molar refractivity (Wildman–Crippen MR) is 101 cm³/mol. The number of benzene rings is 2. The van der Waals surface area contributed by atoms with Crippen molar-refractivity contribution in [1.29, 1.82) is 0 Å². The molecule has 1 aliphatic heterocycles. The van der Waals surface area contributed by atoms with E-state index in [-0.39, 0.29) is 17.8 Å². The maximum Gasteiger partial charge on any atom is 0.265 e. The van der Waals surface area contributed by atoms with Crippen LogP contribution >= 0.6 is 0 Å². The fourth-order valence-electron chi connectivity index (χ4n) is 4.04. The molecule has 134 valence electrons. The van der Waals surface area contributed by atoms with Gasteiger partial charge in [0.2, 0.25) is 0 Å². The summed E-state index contributed by atoms with van der Waals surface area (Å²) in [6.45, 7) is 1.75. The molecule has 3 nitrogen and oxygen atoms in total. The van der Waals surface area contributed by atoms with Gasteiger partial charge >= 0.3 is 0 Å². The van der Waals surface area contributed by atoms with Gasteiger partial charge in [0.15, 0.2) is 0 Å². The van der Waals surface area contributed by atoms with E-state index in [1.807, 2.05) is 29.3 Å². The zero-order valence-corrected chi connectivity index (χ0v) is 15.0. The van der Waals surface area contributed by atoms with E-state index in [1.54, 1.807) is 13.0 Å². The van der Waals surface area contributed by atoms with Crippen LogP contribution in [0.4, 0.5) is 10.1 Å². The second-order valence-electron chi connectivity index (χ2n) is 7.16. The number of halogens is 1. The molecule has 0 radical (unpaired) electrons. The molecule has 4 heteroatoms. The average molecular weight is 350 g/mol. The van der Waals surface area contributed by atoms with Gasteiger partial charge in [-0.15, -0.1) is 0 Å². The third-order valence-electron chi connectivity index (χ3n) is 5.41. The zero-order chi connectivity index (χ0) is 18.1. The molecule has 4 rings (SSSR count). The van der Waals surface area contributed by atoms with Crippen LogP contribution in [0, 0.1) is 12.7 Å². The molecule has 1 atom stereocenters. The second kappa shape index (κ2) is 6.94. The van der Waals surface area contributed by atoms with Crippen LogP contribution in [0.5, 0.6) is 0 Å². The number of hydrazine groups is 1. The Kier molecular flexibility index (Phi) is 4.49. The van der Waals surface area contributed by atoms with Crippen molar-refractivity contribution in [3.8, 4) is 0 Å². The van der Waals surface area contributed by atoms with Crippen LogP contribution in [-0.2, 0) is 11.2 Å². The number of hydrogen-bond donors (Lipinski definition) is 1. The number of anilines is 1. The molecule has 0 aromatic heterocycles. The van der Waals surface area contributed by atoms with E-state index in [0.29, 0.717) is 5.56 Å². The summed E-state index contributed by atoms with van der Waals surface area (Å²) in [5.74, 6) is -0.236. The number of nitrogens with one attached hydrogen (secondary N) is 1. The molecule has 0 bridgehead atoms. The van der Waals surface area contributed by atoms with Crippen LogP contribution < -0.4 is 10.4 Å². The van der Waals surface area contributed by atoms with E-state index in [2.05, 4.69) is 17.6 Å². The molecule has 2 aromatic carbocycles. The fourth-order valence-corrected chi connectivity index (χ4v) is 4.04. The zero-order valence-electron chi connectivity index (χ0n) is 15.0. The van der Waals surface area contributed by atoms with Crippen molar-refractivity contribution >= 4 is 11.6 Å². The molecule has 0 fully saturated rings. The summed E-state index contributed by atoms with van der Waals surface area (Å²) >= 11 is 0. The maximum atomic E-state index is 13.7. The second-order valence-corrected chi connectivity index (χ2v) is 7.16.